The molecule has 0 bridgehead atoms. The number of para-hydroxylation sites is 2. The molecule has 5 heteroatoms. The molecule has 0 radical (unpaired) electrons. The van der Waals surface area contributed by atoms with Gasteiger partial charge in [-0.3, -0.25) is 9.97 Å². The molecule has 0 aliphatic carbocycles. The van der Waals surface area contributed by atoms with Crippen LogP contribution in [0.1, 0.15) is 20.8 Å². The molecule has 28 heavy (non-hydrogen) atoms. The number of hydrogen-bond acceptors (Lipinski definition) is 5. The zero-order valence-corrected chi connectivity index (χ0v) is 18.8. The highest BCUT2D eigenvalue weighted by Gasteiger charge is 2.20. The van der Waals surface area contributed by atoms with Crippen LogP contribution < -0.4 is 0 Å². The summed E-state index contributed by atoms with van der Waals surface area (Å²) in [6, 6.07) is 16.7. The third-order valence-corrected chi connectivity index (χ3v) is 7.64. The number of fused-ring (bicyclic) bond motifs is 2. The van der Waals surface area contributed by atoms with E-state index in [4.69, 9.17) is 9.97 Å². The second kappa shape index (κ2) is 7.97. The summed E-state index contributed by atoms with van der Waals surface area (Å²) in [6.45, 7) is 6.77. The van der Waals surface area contributed by atoms with Crippen LogP contribution in [-0.2, 0) is 0 Å². The van der Waals surface area contributed by atoms with E-state index in [1.54, 1.807) is 23.5 Å². The second-order valence-corrected chi connectivity index (χ2v) is 11.2. The molecule has 0 aliphatic rings. The fraction of sp³-hybridized carbons (Fsp3) is 0.217. The maximum atomic E-state index is 4.72. The van der Waals surface area contributed by atoms with Crippen molar-refractivity contribution in [3.63, 3.8) is 0 Å². The van der Waals surface area contributed by atoms with Gasteiger partial charge in [-0.1, -0.05) is 68.9 Å². The van der Waals surface area contributed by atoms with Crippen LogP contribution in [0.2, 0.25) is 0 Å². The van der Waals surface area contributed by atoms with E-state index >= 15 is 0 Å². The van der Waals surface area contributed by atoms with E-state index in [1.807, 2.05) is 36.3 Å². The molecule has 0 saturated heterocycles. The number of hydrogen-bond donors (Lipinski definition) is 0. The van der Waals surface area contributed by atoms with Crippen LogP contribution >= 0.6 is 35.3 Å². The Morgan fingerprint density at radius 2 is 1.21 bits per heavy atom. The van der Waals surface area contributed by atoms with Gasteiger partial charge in [-0.25, -0.2) is 0 Å². The first-order valence-corrected chi connectivity index (χ1v) is 12.0. The summed E-state index contributed by atoms with van der Waals surface area (Å²) in [7, 11) is 0. The predicted molar refractivity (Wildman–Crippen MR) is 125 cm³/mol. The zero-order valence-electron chi connectivity index (χ0n) is 16.4. The maximum absolute atomic E-state index is 4.72. The summed E-state index contributed by atoms with van der Waals surface area (Å²) in [6.07, 6.45) is 6.15. The van der Waals surface area contributed by atoms with Crippen LogP contribution in [0.15, 0.2) is 80.5 Å². The average Bonchev–Trinajstić information content (AvgIpc) is 2.68. The van der Waals surface area contributed by atoms with E-state index in [1.165, 1.54) is 30.4 Å². The van der Waals surface area contributed by atoms with E-state index in [2.05, 4.69) is 63.4 Å². The van der Waals surface area contributed by atoms with Crippen molar-refractivity contribution < 1.29 is 0 Å². The van der Waals surface area contributed by atoms with Crippen molar-refractivity contribution in [1.82, 2.24) is 9.97 Å². The summed E-state index contributed by atoms with van der Waals surface area (Å²) in [5, 5.41) is 2.42. The summed E-state index contributed by atoms with van der Waals surface area (Å²) in [5.41, 5.74) is 2.08. The minimum atomic E-state index is 0.114. The van der Waals surface area contributed by atoms with Gasteiger partial charge in [0.15, 0.2) is 0 Å². The van der Waals surface area contributed by atoms with Gasteiger partial charge in [0.25, 0.3) is 0 Å². The van der Waals surface area contributed by atoms with Crippen LogP contribution in [-0.4, -0.2) is 21.0 Å². The first-order chi connectivity index (χ1) is 13.5. The molecule has 2 aromatic carbocycles. The van der Waals surface area contributed by atoms with Crippen molar-refractivity contribution in [3.8, 4) is 0 Å². The van der Waals surface area contributed by atoms with Crippen molar-refractivity contribution >= 4 is 57.1 Å². The Morgan fingerprint density at radius 1 is 0.714 bits per heavy atom. The Labute approximate surface area is 178 Å². The van der Waals surface area contributed by atoms with Crippen LogP contribution in [0.3, 0.4) is 0 Å². The number of rotatable bonds is 4. The fourth-order valence-electron chi connectivity index (χ4n) is 3.08. The highest BCUT2D eigenvalue weighted by atomic mass is 32.2. The number of thioether (sulfide) groups is 2. The standard InChI is InChI=1S/C23H22N2S3/c1-23(2,3)28-22-16-10-6-8-12-18(16)25-14-20(22)27-19-13-24-17-11-7-5-9-15(17)21(19)26-4/h5-14H,1-4H3. The summed E-state index contributed by atoms with van der Waals surface area (Å²) in [4.78, 5) is 14.3. The smallest absolute Gasteiger partial charge is 0.0714 e. The molecule has 0 unspecified atom stereocenters. The van der Waals surface area contributed by atoms with Gasteiger partial charge in [0.05, 0.1) is 11.0 Å². The Hall–Kier alpha value is -1.69. The summed E-state index contributed by atoms with van der Waals surface area (Å²) < 4.78 is 0.114. The molecule has 0 amide bonds. The SMILES string of the molecule is CSc1c(Sc2cnc3ccccc3c2SC(C)(C)C)cnc2ccccc12. The molecule has 2 nitrogen and oxygen atoms in total. The molecule has 4 aromatic rings. The molecule has 142 valence electrons. The third kappa shape index (κ3) is 4.02. The highest BCUT2D eigenvalue weighted by molar-refractivity contribution is 8.04. The normalized spacial score (nSPS) is 12.0. The average molecular weight is 423 g/mol. The van der Waals surface area contributed by atoms with Crippen LogP contribution in [0.25, 0.3) is 21.8 Å². The lowest BCUT2D eigenvalue weighted by atomic mass is 10.2. The molecule has 0 aliphatic heterocycles. The van der Waals surface area contributed by atoms with E-state index < -0.39 is 0 Å². The van der Waals surface area contributed by atoms with Gasteiger partial charge in [0, 0.05) is 47.5 Å². The topological polar surface area (TPSA) is 25.8 Å². The summed E-state index contributed by atoms with van der Waals surface area (Å²) in [5.74, 6) is 0. The molecule has 4 rings (SSSR count). The molecule has 0 N–H and O–H groups in total. The van der Waals surface area contributed by atoms with Gasteiger partial charge in [-0.15, -0.1) is 23.5 Å². The van der Waals surface area contributed by atoms with Crippen molar-refractivity contribution in [2.24, 2.45) is 0 Å². The monoisotopic (exact) mass is 422 g/mol. The Balaban J connectivity index is 1.86. The molecular weight excluding hydrogens is 400 g/mol. The third-order valence-electron chi connectivity index (χ3n) is 4.22. The van der Waals surface area contributed by atoms with Gasteiger partial charge in [-0.05, 0) is 18.4 Å². The molecule has 0 saturated carbocycles. The molecule has 0 atom stereocenters. The van der Waals surface area contributed by atoms with Crippen molar-refractivity contribution in [2.45, 2.75) is 45.1 Å². The highest BCUT2D eigenvalue weighted by Crippen LogP contribution is 2.46. The van der Waals surface area contributed by atoms with E-state index in [0.717, 1.165) is 11.0 Å². The number of nitrogens with zero attached hydrogens (tertiary/aromatic N) is 2. The first kappa shape index (κ1) is 19.6. The number of benzene rings is 2. The van der Waals surface area contributed by atoms with Gasteiger partial charge in [0.1, 0.15) is 0 Å². The molecule has 2 aromatic heterocycles. The van der Waals surface area contributed by atoms with Crippen molar-refractivity contribution in [3.05, 3.63) is 60.9 Å². The lowest BCUT2D eigenvalue weighted by Crippen LogP contribution is -2.07. The Bertz CT molecular complexity index is 1150. The largest absolute Gasteiger partial charge is 0.255 e. The lowest BCUT2D eigenvalue weighted by molar-refractivity contribution is 0.801. The van der Waals surface area contributed by atoms with Crippen LogP contribution in [0, 0.1) is 0 Å². The quantitative estimate of drug-likeness (QED) is 0.316. The molecule has 2 heterocycles. The molecular formula is C23H22N2S3. The Kier molecular flexibility index (Phi) is 5.59. The van der Waals surface area contributed by atoms with Gasteiger partial charge in [-0.2, -0.15) is 0 Å². The van der Waals surface area contributed by atoms with Crippen molar-refractivity contribution in [1.29, 1.82) is 0 Å². The number of aromatic nitrogens is 2. The second-order valence-electron chi connectivity index (χ2n) is 7.46. The lowest BCUT2D eigenvalue weighted by Gasteiger charge is -2.21. The molecule has 0 spiro atoms. The van der Waals surface area contributed by atoms with Gasteiger partial charge < -0.3 is 0 Å². The zero-order chi connectivity index (χ0) is 19.7. The minimum Gasteiger partial charge on any atom is -0.255 e. The summed E-state index contributed by atoms with van der Waals surface area (Å²) >= 11 is 5.45. The van der Waals surface area contributed by atoms with Crippen molar-refractivity contribution in [2.75, 3.05) is 6.26 Å². The predicted octanol–water partition coefficient (Wildman–Crippen LogP) is 7.55. The fourth-order valence-corrected chi connectivity index (χ4v) is 6.25. The minimum absolute atomic E-state index is 0.114. The van der Waals surface area contributed by atoms with E-state index in [-0.39, 0.29) is 4.75 Å². The van der Waals surface area contributed by atoms with Crippen LogP contribution in [0.4, 0.5) is 0 Å². The first-order valence-electron chi connectivity index (χ1n) is 9.12. The Morgan fingerprint density at radius 3 is 1.75 bits per heavy atom. The van der Waals surface area contributed by atoms with E-state index in [0.29, 0.717) is 0 Å². The number of pyridine rings is 2. The molecule has 0 fully saturated rings. The van der Waals surface area contributed by atoms with Gasteiger partial charge >= 0.3 is 0 Å². The van der Waals surface area contributed by atoms with E-state index in [9.17, 15) is 0 Å². The van der Waals surface area contributed by atoms with Gasteiger partial charge in [0.2, 0.25) is 0 Å². The van der Waals surface area contributed by atoms with Crippen LogP contribution in [0.5, 0.6) is 0 Å². The maximum Gasteiger partial charge on any atom is 0.0714 e.